The molecule has 1 atom stereocenters. The number of hydrogen-bond acceptors (Lipinski definition) is 4. The van der Waals surface area contributed by atoms with Crippen LogP contribution in [0.4, 0.5) is 0 Å². The van der Waals surface area contributed by atoms with E-state index < -0.39 is 5.97 Å². The van der Waals surface area contributed by atoms with Gasteiger partial charge in [0.05, 0.1) is 0 Å². The molecule has 0 aromatic rings. The summed E-state index contributed by atoms with van der Waals surface area (Å²) in [5.74, 6) is -0.718. The minimum atomic E-state index is -0.718. The minimum absolute atomic E-state index is 0.355. The van der Waals surface area contributed by atoms with Crippen LogP contribution in [0, 0.1) is 0 Å². The quantitative estimate of drug-likeness (QED) is 0.769. The highest BCUT2D eigenvalue weighted by Crippen LogP contribution is 2.17. The molecule has 98 valence electrons. The molecule has 0 aromatic heterocycles. The summed E-state index contributed by atoms with van der Waals surface area (Å²) in [4.78, 5) is 15.5. The van der Waals surface area contributed by atoms with E-state index in [1.165, 1.54) is 0 Å². The molecule has 2 fully saturated rings. The molecular formula is C12H22N2O3. The van der Waals surface area contributed by atoms with Gasteiger partial charge < -0.3 is 9.84 Å². The molecule has 0 spiro atoms. The van der Waals surface area contributed by atoms with Crippen LogP contribution >= 0.6 is 0 Å². The first kappa shape index (κ1) is 12.8. The Labute approximate surface area is 102 Å². The fraction of sp³-hybridized carbons (Fsp3) is 0.917. The van der Waals surface area contributed by atoms with Gasteiger partial charge in [0.15, 0.2) is 0 Å². The van der Waals surface area contributed by atoms with Crippen LogP contribution in [-0.4, -0.2) is 72.4 Å². The molecule has 0 radical (unpaired) electrons. The van der Waals surface area contributed by atoms with Crippen LogP contribution in [0.15, 0.2) is 0 Å². The van der Waals surface area contributed by atoms with Crippen molar-refractivity contribution in [2.45, 2.75) is 31.8 Å². The Kier molecular flexibility index (Phi) is 4.36. The van der Waals surface area contributed by atoms with Crippen molar-refractivity contribution in [3.63, 3.8) is 0 Å². The SMILES string of the molecule is CC(C(=O)O)N1CCN(C2CCOCC2)CC1. The predicted octanol–water partition coefficient (Wildman–Crippen LogP) is 0.256. The molecule has 2 saturated heterocycles. The zero-order valence-corrected chi connectivity index (χ0v) is 10.5. The molecule has 0 aliphatic carbocycles. The average Bonchev–Trinajstić information content (AvgIpc) is 2.39. The zero-order chi connectivity index (χ0) is 12.3. The van der Waals surface area contributed by atoms with Gasteiger partial charge in [0.25, 0.3) is 0 Å². The number of carbonyl (C=O) groups is 1. The van der Waals surface area contributed by atoms with Crippen molar-refractivity contribution in [2.24, 2.45) is 0 Å². The van der Waals surface area contributed by atoms with Crippen LogP contribution in [0.25, 0.3) is 0 Å². The van der Waals surface area contributed by atoms with Gasteiger partial charge in [-0.25, -0.2) is 0 Å². The molecule has 2 aliphatic rings. The van der Waals surface area contributed by atoms with E-state index in [1.807, 2.05) is 0 Å². The van der Waals surface area contributed by atoms with Gasteiger partial charge in [-0.3, -0.25) is 14.6 Å². The standard InChI is InChI=1S/C12H22N2O3/c1-10(12(15)16)13-4-6-14(7-5-13)11-2-8-17-9-3-11/h10-11H,2-9H2,1H3,(H,15,16). The molecule has 0 amide bonds. The van der Waals surface area contributed by atoms with Crippen LogP contribution in [0.2, 0.25) is 0 Å². The molecule has 1 unspecified atom stereocenters. The van der Waals surface area contributed by atoms with E-state index in [0.717, 1.165) is 52.2 Å². The Morgan fingerprint density at radius 3 is 2.35 bits per heavy atom. The highest BCUT2D eigenvalue weighted by atomic mass is 16.5. The predicted molar refractivity (Wildman–Crippen MR) is 64.1 cm³/mol. The second-order valence-electron chi connectivity index (χ2n) is 4.93. The highest BCUT2D eigenvalue weighted by molar-refractivity contribution is 5.72. The van der Waals surface area contributed by atoms with E-state index in [2.05, 4.69) is 9.80 Å². The van der Waals surface area contributed by atoms with E-state index in [4.69, 9.17) is 9.84 Å². The van der Waals surface area contributed by atoms with Gasteiger partial charge in [0.1, 0.15) is 6.04 Å². The summed E-state index contributed by atoms with van der Waals surface area (Å²) >= 11 is 0. The topological polar surface area (TPSA) is 53.0 Å². The minimum Gasteiger partial charge on any atom is -0.480 e. The van der Waals surface area contributed by atoms with Gasteiger partial charge in [0, 0.05) is 45.4 Å². The average molecular weight is 242 g/mol. The number of rotatable bonds is 3. The summed E-state index contributed by atoms with van der Waals surface area (Å²) < 4.78 is 5.37. The molecule has 0 aromatic carbocycles. The molecule has 0 bridgehead atoms. The van der Waals surface area contributed by atoms with E-state index >= 15 is 0 Å². The van der Waals surface area contributed by atoms with Gasteiger partial charge >= 0.3 is 5.97 Å². The van der Waals surface area contributed by atoms with Crippen molar-refractivity contribution in [3.8, 4) is 0 Å². The summed E-state index contributed by atoms with van der Waals surface area (Å²) in [6.45, 7) is 7.22. The maximum absolute atomic E-state index is 10.9. The van der Waals surface area contributed by atoms with E-state index in [0.29, 0.717) is 6.04 Å². The van der Waals surface area contributed by atoms with Crippen molar-refractivity contribution >= 4 is 5.97 Å². The molecular weight excluding hydrogens is 220 g/mol. The lowest BCUT2D eigenvalue weighted by molar-refractivity contribution is -0.143. The van der Waals surface area contributed by atoms with Crippen LogP contribution in [0.5, 0.6) is 0 Å². The Morgan fingerprint density at radius 2 is 1.82 bits per heavy atom. The monoisotopic (exact) mass is 242 g/mol. The first-order chi connectivity index (χ1) is 8.18. The third kappa shape index (κ3) is 3.18. The smallest absolute Gasteiger partial charge is 0.320 e. The van der Waals surface area contributed by atoms with Gasteiger partial charge in [-0.1, -0.05) is 0 Å². The number of ether oxygens (including phenoxy) is 1. The molecule has 17 heavy (non-hydrogen) atoms. The van der Waals surface area contributed by atoms with Gasteiger partial charge in [-0.05, 0) is 19.8 Å². The number of aliphatic carboxylic acids is 1. The molecule has 2 rings (SSSR count). The zero-order valence-electron chi connectivity index (χ0n) is 10.5. The summed E-state index contributed by atoms with van der Waals surface area (Å²) in [6, 6.07) is 0.290. The number of piperazine rings is 1. The maximum atomic E-state index is 10.9. The summed E-state index contributed by atoms with van der Waals surface area (Å²) in [5, 5.41) is 8.98. The molecule has 2 aliphatic heterocycles. The normalized spacial score (nSPS) is 26.9. The van der Waals surface area contributed by atoms with Crippen LogP contribution in [-0.2, 0) is 9.53 Å². The molecule has 5 nitrogen and oxygen atoms in total. The third-order valence-corrected chi connectivity index (χ3v) is 3.96. The molecule has 5 heteroatoms. The lowest BCUT2D eigenvalue weighted by atomic mass is 10.1. The second-order valence-corrected chi connectivity index (χ2v) is 4.93. The summed E-state index contributed by atoms with van der Waals surface area (Å²) in [7, 11) is 0. The van der Waals surface area contributed by atoms with Crippen molar-refractivity contribution in [3.05, 3.63) is 0 Å². The second kappa shape index (κ2) is 5.80. The first-order valence-corrected chi connectivity index (χ1v) is 6.47. The number of carboxylic acid groups (broad SMARTS) is 1. The lowest BCUT2D eigenvalue weighted by Gasteiger charge is -2.41. The van der Waals surface area contributed by atoms with Crippen molar-refractivity contribution in [1.82, 2.24) is 9.80 Å². The number of nitrogens with zero attached hydrogens (tertiary/aromatic N) is 2. The fourth-order valence-electron chi connectivity index (χ4n) is 2.70. The Balaban J connectivity index is 1.79. The first-order valence-electron chi connectivity index (χ1n) is 6.47. The van der Waals surface area contributed by atoms with E-state index in [1.54, 1.807) is 6.92 Å². The summed E-state index contributed by atoms with van der Waals surface area (Å²) in [6.07, 6.45) is 2.24. The van der Waals surface area contributed by atoms with Crippen LogP contribution in [0.1, 0.15) is 19.8 Å². The Hall–Kier alpha value is -0.650. The molecule has 0 saturated carbocycles. The molecule has 1 N–H and O–H groups in total. The van der Waals surface area contributed by atoms with Gasteiger partial charge in [0.2, 0.25) is 0 Å². The largest absolute Gasteiger partial charge is 0.480 e. The lowest BCUT2D eigenvalue weighted by Crippen LogP contribution is -2.54. The van der Waals surface area contributed by atoms with Gasteiger partial charge in [-0.2, -0.15) is 0 Å². The maximum Gasteiger partial charge on any atom is 0.320 e. The van der Waals surface area contributed by atoms with Crippen LogP contribution in [0.3, 0.4) is 0 Å². The highest BCUT2D eigenvalue weighted by Gasteiger charge is 2.29. The summed E-state index contributed by atoms with van der Waals surface area (Å²) in [5.41, 5.74) is 0. The Bertz CT molecular complexity index is 258. The fourth-order valence-corrected chi connectivity index (χ4v) is 2.70. The van der Waals surface area contributed by atoms with Crippen LogP contribution < -0.4 is 0 Å². The number of hydrogen-bond donors (Lipinski definition) is 1. The van der Waals surface area contributed by atoms with Gasteiger partial charge in [-0.15, -0.1) is 0 Å². The van der Waals surface area contributed by atoms with E-state index in [9.17, 15) is 4.79 Å². The Morgan fingerprint density at radius 1 is 1.24 bits per heavy atom. The number of carboxylic acids is 1. The van der Waals surface area contributed by atoms with E-state index in [-0.39, 0.29) is 6.04 Å². The van der Waals surface area contributed by atoms with Crippen molar-refractivity contribution in [1.29, 1.82) is 0 Å². The van der Waals surface area contributed by atoms with Crippen molar-refractivity contribution < 1.29 is 14.6 Å². The third-order valence-electron chi connectivity index (χ3n) is 3.96. The molecule has 2 heterocycles. The van der Waals surface area contributed by atoms with Crippen molar-refractivity contribution in [2.75, 3.05) is 39.4 Å².